The van der Waals surface area contributed by atoms with Crippen molar-refractivity contribution in [2.24, 2.45) is 0 Å². The molecule has 0 bridgehead atoms. The largest absolute Gasteiger partial charge is 0.323 e. The van der Waals surface area contributed by atoms with Crippen molar-refractivity contribution in [1.29, 1.82) is 0 Å². The first-order valence-corrected chi connectivity index (χ1v) is 10.9. The second-order valence-corrected chi connectivity index (χ2v) is 8.26. The molecule has 31 heavy (non-hydrogen) atoms. The highest BCUT2D eigenvalue weighted by molar-refractivity contribution is 5.92. The number of nitrogens with one attached hydrogen (secondary N) is 1. The molecule has 1 N–H and O–H groups in total. The number of para-hydroxylation sites is 1. The molecule has 1 aliphatic rings. The quantitative estimate of drug-likeness (QED) is 0.546. The van der Waals surface area contributed by atoms with E-state index in [4.69, 9.17) is 0 Å². The summed E-state index contributed by atoms with van der Waals surface area (Å²) in [7, 11) is 0. The molecule has 0 saturated heterocycles. The van der Waals surface area contributed by atoms with Crippen LogP contribution >= 0.6 is 0 Å². The molecular formula is C25H29FN4O. The van der Waals surface area contributed by atoms with Crippen LogP contribution in [0.3, 0.4) is 0 Å². The molecule has 0 radical (unpaired) electrons. The number of halogens is 1. The van der Waals surface area contributed by atoms with Crippen LogP contribution < -0.4 is 5.32 Å². The number of carbonyl (C=O) groups excluding carboxylic acids is 1. The molecule has 2 aromatic carbocycles. The minimum absolute atomic E-state index is 0.0507. The van der Waals surface area contributed by atoms with Crippen LogP contribution in [0.2, 0.25) is 0 Å². The summed E-state index contributed by atoms with van der Waals surface area (Å²) < 4.78 is 16.1. The van der Waals surface area contributed by atoms with Crippen molar-refractivity contribution in [2.75, 3.05) is 11.9 Å². The van der Waals surface area contributed by atoms with Gasteiger partial charge in [0.05, 0.1) is 22.8 Å². The van der Waals surface area contributed by atoms with Gasteiger partial charge in [0.1, 0.15) is 5.82 Å². The Hall–Kier alpha value is -2.99. The number of rotatable bonds is 8. The predicted octanol–water partition coefficient (Wildman–Crippen LogP) is 5.18. The van der Waals surface area contributed by atoms with Crippen LogP contribution in [0.15, 0.2) is 54.6 Å². The fourth-order valence-electron chi connectivity index (χ4n) is 4.17. The Bertz CT molecular complexity index is 1060. The SMILES string of the molecule is Cc1nn(-c2ccccc2)c(C)c1NC(=O)CCN(C1CC1)C(C)c1ccccc1F. The number of aryl methyl sites for hydroxylation is 1. The summed E-state index contributed by atoms with van der Waals surface area (Å²) >= 11 is 0. The van der Waals surface area contributed by atoms with Gasteiger partial charge in [-0.15, -0.1) is 0 Å². The first-order valence-electron chi connectivity index (χ1n) is 10.9. The van der Waals surface area contributed by atoms with E-state index in [1.807, 2.05) is 67.9 Å². The first kappa shape index (κ1) is 21.2. The lowest BCUT2D eigenvalue weighted by Crippen LogP contribution is -2.33. The van der Waals surface area contributed by atoms with Crippen LogP contribution in [-0.2, 0) is 4.79 Å². The Morgan fingerprint density at radius 3 is 2.52 bits per heavy atom. The summed E-state index contributed by atoms with van der Waals surface area (Å²) in [4.78, 5) is 15.0. The molecule has 1 heterocycles. The molecule has 1 aromatic heterocycles. The van der Waals surface area contributed by atoms with Gasteiger partial charge in [0, 0.05) is 30.6 Å². The number of benzene rings is 2. The molecule has 1 saturated carbocycles. The van der Waals surface area contributed by atoms with Crippen molar-refractivity contribution in [3.63, 3.8) is 0 Å². The van der Waals surface area contributed by atoms with Crippen LogP contribution in [0.1, 0.15) is 49.2 Å². The lowest BCUT2D eigenvalue weighted by Gasteiger charge is -2.29. The number of hydrogen-bond acceptors (Lipinski definition) is 3. The summed E-state index contributed by atoms with van der Waals surface area (Å²) in [6, 6.07) is 17.1. The van der Waals surface area contributed by atoms with Crippen LogP contribution in [-0.4, -0.2) is 33.2 Å². The normalized spacial score (nSPS) is 14.6. The average molecular weight is 421 g/mol. The van der Waals surface area contributed by atoms with E-state index >= 15 is 0 Å². The smallest absolute Gasteiger partial charge is 0.225 e. The highest BCUT2D eigenvalue weighted by Crippen LogP contribution is 2.35. The van der Waals surface area contributed by atoms with Crippen molar-refractivity contribution < 1.29 is 9.18 Å². The molecule has 1 unspecified atom stereocenters. The second kappa shape index (κ2) is 9.02. The minimum Gasteiger partial charge on any atom is -0.323 e. The van der Waals surface area contributed by atoms with E-state index in [9.17, 15) is 9.18 Å². The van der Waals surface area contributed by atoms with Gasteiger partial charge in [-0.2, -0.15) is 5.10 Å². The summed E-state index contributed by atoms with van der Waals surface area (Å²) in [5.74, 6) is -0.241. The van der Waals surface area contributed by atoms with Crippen molar-refractivity contribution >= 4 is 11.6 Å². The van der Waals surface area contributed by atoms with E-state index in [-0.39, 0.29) is 17.8 Å². The monoisotopic (exact) mass is 420 g/mol. The van der Waals surface area contributed by atoms with E-state index < -0.39 is 0 Å². The van der Waals surface area contributed by atoms with E-state index in [1.165, 1.54) is 6.07 Å². The van der Waals surface area contributed by atoms with Crippen LogP contribution in [0.5, 0.6) is 0 Å². The van der Waals surface area contributed by atoms with Crippen LogP contribution in [0, 0.1) is 19.7 Å². The second-order valence-electron chi connectivity index (χ2n) is 8.26. The lowest BCUT2D eigenvalue weighted by molar-refractivity contribution is -0.116. The maximum Gasteiger partial charge on any atom is 0.225 e. The molecule has 6 heteroatoms. The summed E-state index contributed by atoms with van der Waals surface area (Å²) in [6.07, 6.45) is 2.55. The molecule has 3 aromatic rings. The zero-order valence-electron chi connectivity index (χ0n) is 18.3. The number of hydrogen-bond donors (Lipinski definition) is 1. The number of aromatic nitrogens is 2. The third-order valence-electron chi connectivity index (χ3n) is 6.02. The van der Waals surface area contributed by atoms with Crippen molar-refractivity contribution in [3.05, 3.63) is 77.4 Å². The minimum atomic E-state index is -0.190. The van der Waals surface area contributed by atoms with Crippen molar-refractivity contribution in [3.8, 4) is 5.69 Å². The van der Waals surface area contributed by atoms with Crippen molar-refractivity contribution in [1.82, 2.24) is 14.7 Å². The van der Waals surface area contributed by atoms with Gasteiger partial charge >= 0.3 is 0 Å². The molecule has 162 valence electrons. The number of amides is 1. The maximum absolute atomic E-state index is 14.3. The third kappa shape index (κ3) is 4.69. The van der Waals surface area contributed by atoms with E-state index in [2.05, 4.69) is 15.3 Å². The summed E-state index contributed by atoms with van der Waals surface area (Å²) in [6.45, 7) is 6.47. The van der Waals surface area contributed by atoms with Gasteiger partial charge in [0.2, 0.25) is 5.91 Å². The molecule has 1 atom stereocenters. The summed E-state index contributed by atoms with van der Waals surface area (Å²) in [5.41, 5.74) is 4.09. The van der Waals surface area contributed by atoms with E-state index in [0.29, 0.717) is 24.6 Å². The molecule has 4 rings (SSSR count). The van der Waals surface area contributed by atoms with E-state index in [0.717, 1.165) is 35.6 Å². The van der Waals surface area contributed by atoms with Gasteiger partial charge in [-0.1, -0.05) is 36.4 Å². The molecule has 0 spiro atoms. The highest BCUT2D eigenvalue weighted by atomic mass is 19.1. The van der Waals surface area contributed by atoms with Crippen LogP contribution in [0.4, 0.5) is 10.1 Å². The van der Waals surface area contributed by atoms with Gasteiger partial charge < -0.3 is 5.32 Å². The van der Waals surface area contributed by atoms with E-state index in [1.54, 1.807) is 6.07 Å². The Kier molecular flexibility index (Phi) is 6.18. The zero-order chi connectivity index (χ0) is 22.0. The van der Waals surface area contributed by atoms with Gasteiger partial charge in [-0.3, -0.25) is 9.69 Å². The Labute approximate surface area is 182 Å². The molecule has 1 fully saturated rings. The van der Waals surface area contributed by atoms with Crippen molar-refractivity contribution in [2.45, 2.75) is 52.1 Å². The molecule has 0 aliphatic heterocycles. The van der Waals surface area contributed by atoms with Gasteiger partial charge in [0.25, 0.3) is 0 Å². The molecule has 1 aliphatic carbocycles. The molecule has 5 nitrogen and oxygen atoms in total. The fraction of sp³-hybridized carbons (Fsp3) is 0.360. The fourth-order valence-corrected chi connectivity index (χ4v) is 4.17. The third-order valence-corrected chi connectivity index (χ3v) is 6.02. The number of anilines is 1. The van der Waals surface area contributed by atoms with Gasteiger partial charge in [-0.25, -0.2) is 9.07 Å². The number of carbonyl (C=O) groups is 1. The Morgan fingerprint density at radius 2 is 1.84 bits per heavy atom. The maximum atomic E-state index is 14.3. The highest BCUT2D eigenvalue weighted by Gasteiger charge is 2.33. The average Bonchev–Trinajstić information content (AvgIpc) is 3.57. The lowest BCUT2D eigenvalue weighted by atomic mass is 10.1. The Morgan fingerprint density at radius 1 is 1.16 bits per heavy atom. The molecule has 1 amide bonds. The first-order chi connectivity index (χ1) is 15.0. The van der Waals surface area contributed by atoms with Gasteiger partial charge in [-0.05, 0) is 51.8 Å². The zero-order valence-corrected chi connectivity index (χ0v) is 18.3. The molecular weight excluding hydrogens is 391 g/mol. The standard InChI is InChI=1S/C25H29FN4O/c1-17-25(19(3)30(28-17)21-9-5-4-6-10-21)27-24(31)15-16-29(20-13-14-20)18(2)22-11-7-8-12-23(22)26/h4-12,18,20H,13-16H2,1-3H3,(H,27,31). The number of nitrogens with zero attached hydrogens (tertiary/aromatic N) is 3. The van der Waals surface area contributed by atoms with Gasteiger partial charge in [0.15, 0.2) is 0 Å². The predicted molar refractivity (Wildman–Crippen MR) is 121 cm³/mol. The van der Waals surface area contributed by atoms with Crippen LogP contribution in [0.25, 0.3) is 5.69 Å². The topological polar surface area (TPSA) is 50.2 Å². The summed E-state index contributed by atoms with van der Waals surface area (Å²) in [5, 5.41) is 7.64. The Balaban J connectivity index is 1.43.